The molecule has 0 saturated carbocycles. The summed E-state index contributed by atoms with van der Waals surface area (Å²) < 4.78 is 7.09. The van der Waals surface area contributed by atoms with Crippen LogP contribution in [-0.2, 0) is 4.74 Å². The average Bonchev–Trinajstić information content (AvgIpc) is 3.35. The van der Waals surface area contributed by atoms with Crippen molar-refractivity contribution in [1.82, 2.24) is 30.0 Å². The summed E-state index contributed by atoms with van der Waals surface area (Å²) in [5.74, 6) is 0.183. The molecule has 1 atom stereocenters. The molecule has 1 aliphatic heterocycles. The Bertz CT molecular complexity index is 858. The smallest absolute Gasteiger partial charge is 0.410 e. The molecule has 0 radical (unpaired) electrons. The topological polar surface area (TPSA) is 93.5 Å². The van der Waals surface area contributed by atoms with Crippen LogP contribution in [0.1, 0.15) is 57.1 Å². The first-order valence-corrected chi connectivity index (χ1v) is 11.1. The van der Waals surface area contributed by atoms with Crippen molar-refractivity contribution in [2.45, 2.75) is 59.1 Å². The maximum atomic E-state index is 13.2. The van der Waals surface area contributed by atoms with E-state index in [0.717, 1.165) is 12.8 Å². The van der Waals surface area contributed by atoms with Gasteiger partial charge in [-0.2, -0.15) is 4.68 Å². The number of hydrogen-bond acceptors (Lipinski definition) is 7. The molecule has 1 aliphatic rings. The number of aromatic nitrogens is 4. The molecule has 2 aromatic heterocycles. The van der Waals surface area contributed by atoms with E-state index in [1.807, 2.05) is 51.0 Å². The standard InChI is InChI=1S/C20H30N6O3S/c1-14(2)25(19(28)29-20(3,4)5)12-15-7-6-9-24(11-15)18(27)17-16(8-10-30-17)26-13-21-22-23-26/h8,10,13-15H,6-7,9,11-12H2,1-5H3. The van der Waals surface area contributed by atoms with Crippen LogP contribution >= 0.6 is 11.3 Å². The first-order chi connectivity index (χ1) is 14.2. The molecular formula is C20H30N6O3S. The maximum absolute atomic E-state index is 13.2. The van der Waals surface area contributed by atoms with E-state index >= 15 is 0 Å². The van der Waals surface area contributed by atoms with Crippen molar-refractivity contribution < 1.29 is 14.3 Å². The summed E-state index contributed by atoms with van der Waals surface area (Å²) in [6.45, 7) is 11.5. The highest BCUT2D eigenvalue weighted by Gasteiger charge is 2.31. The molecule has 0 aliphatic carbocycles. The SMILES string of the molecule is CC(C)N(CC1CCCN(C(=O)c2sccc2-n2cnnn2)C1)C(=O)OC(C)(C)C. The molecule has 0 N–H and O–H groups in total. The van der Waals surface area contributed by atoms with Gasteiger partial charge in [0.1, 0.15) is 16.8 Å². The van der Waals surface area contributed by atoms with Crippen molar-refractivity contribution in [2.75, 3.05) is 19.6 Å². The van der Waals surface area contributed by atoms with E-state index in [-0.39, 0.29) is 24.0 Å². The van der Waals surface area contributed by atoms with Crippen molar-refractivity contribution >= 4 is 23.3 Å². The lowest BCUT2D eigenvalue weighted by molar-refractivity contribution is 0.0124. The molecule has 1 saturated heterocycles. The normalized spacial score (nSPS) is 17.3. The first-order valence-electron chi connectivity index (χ1n) is 10.3. The lowest BCUT2D eigenvalue weighted by Gasteiger charge is -2.37. The van der Waals surface area contributed by atoms with Gasteiger partial charge < -0.3 is 14.5 Å². The Labute approximate surface area is 181 Å². The monoisotopic (exact) mass is 434 g/mol. The molecule has 2 aromatic rings. The second-order valence-electron chi connectivity index (χ2n) is 8.88. The Morgan fingerprint density at radius 1 is 1.37 bits per heavy atom. The van der Waals surface area contributed by atoms with Gasteiger partial charge in [-0.05, 0) is 75.3 Å². The number of thiophene rings is 1. The Hall–Kier alpha value is -2.49. The van der Waals surface area contributed by atoms with Crippen LogP contribution in [0.2, 0.25) is 0 Å². The second-order valence-corrected chi connectivity index (χ2v) is 9.79. The molecular weight excluding hydrogens is 404 g/mol. The molecule has 2 amide bonds. The van der Waals surface area contributed by atoms with Crippen LogP contribution < -0.4 is 0 Å². The van der Waals surface area contributed by atoms with Gasteiger partial charge in [0.2, 0.25) is 0 Å². The van der Waals surface area contributed by atoms with E-state index < -0.39 is 5.60 Å². The van der Waals surface area contributed by atoms with Crippen LogP contribution in [0.3, 0.4) is 0 Å². The molecule has 9 nitrogen and oxygen atoms in total. The maximum Gasteiger partial charge on any atom is 0.410 e. The summed E-state index contributed by atoms with van der Waals surface area (Å²) in [6.07, 6.45) is 3.06. The second kappa shape index (κ2) is 9.11. The van der Waals surface area contributed by atoms with E-state index in [4.69, 9.17) is 4.74 Å². The van der Waals surface area contributed by atoms with Crippen LogP contribution in [0, 0.1) is 5.92 Å². The number of piperidine rings is 1. The number of likely N-dealkylation sites (tertiary alicyclic amines) is 1. The van der Waals surface area contributed by atoms with Gasteiger partial charge in [-0.15, -0.1) is 16.4 Å². The average molecular weight is 435 g/mol. The molecule has 30 heavy (non-hydrogen) atoms. The Morgan fingerprint density at radius 2 is 2.13 bits per heavy atom. The summed E-state index contributed by atoms with van der Waals surface area (Å²) >= 11 is 1.39. The van der Waals surface area contributed by atoms with Gasteiger partial charge in [0.05, 0.1) is 5.69 Å². The molecule has 1 fully saturated rings. The van der Waals surface area contributed by atoms with Crippen LogP contribution in [-0.4, -0.2) is 73.3 Å². The third-order valence-electron chi connectivity index (χ3n) is 4.95. The van der Waals surface area contributed by atoms with Gasteiger partial charge in [0.15, 0.2) is 0 Å². The van der Waals surface area contributed by atoms with E-state index in [2.05, 4.69) is 15.5 Å². The van der Waals surface area contributed by atoms with Crippen LogP contribution in [0.5, 0.6) is 0 Å². The molecule has 0 spiro atoms. The van der Waals surface area contributed by atoms with E-state index in [0.29, 0.717) is 30.2 Å². The predicted molar refractivity (Wildman–Crippen MR) is 114 cm³/mol. The largest absolute Gasteiger partial charge is 0.444 e. The molecule has 1 unspecified atom stereocenters. The molecule has 0 aromatic carbocycles. The number of hydrogen-bond donors (Lipinski definition) is 0. The third-order valence-corrected chi connectivity index (χ3v) is 5.84. The van der Waals surface area contributed by atoms with Crippen molar-refractivity contribution in [3.05, 3.63) is 22.7 Å². The van der Waals surface area contributed by atoms with Crippen molar-refractivity contribution in [1.29, 1.82) is 0 Å². The summed E-state index contributed by atoms with van der Waals surface area (Å²) in [6, 6.07) is 1.87. The number of nitrogens with zero attached hydrogens (tertiary/aromatic N) is 6. The Morgan fingerprint density at radius 3 is 2.77 bits per heavy atom. The quantitative estimate of drug-likeness (QED) is 0.717. The highest BCUT2D eigenvalue weighted by Crippen LogP contribution is 2.26. The summed E-state index contributed by atoms with van der Waals surface area (Å²) in [5.41, 5.74) is 0.152. The molecule has 10 heteroatoms. The number of carbonyl (C=O) groups is 2. The first kappa shape index (κ1) is 22.2. The van der Waals surface area contributed by atoms with E-state index in [1.165, 1.54) is 22.3 Å². The zero-order valence-corrected chi connectivity index (χ0v) is 19.1. The fourth-order valence-electron chi connectivity index (χ4n) is 3.55. The molecule has 3 heterocycles. The van der Waals surface area contributed by atoms with Gasteiger partial charge in [-0.25, -0.2) is 4.79 Å². The van der Waals surface area contributed by atoms with E-state index in [1.54, 1.807) is 4.90 Å². The Kier molecular flexibility index (Phi) is 6.74. The predicted octanol–water partition coefficient (Wildman–Crippen LogP) is 3.22. The zero-order chi connectivity index (χ0) is 21.9. The van der Waals surface area contributed by atoms with E-state index in [9.17, 15) is 9.59 Å². The fraction of sp³-hybridized carbons (Fsp3) is 0.650. The summed E-state index contributed by atoms with van der Waals surface area (Å²) in [4.78, 5) is 30.1. The minimum absolute atomic E-state index is 0.0198. The molecule has 3 rings (SSSR count). The number of tetrazole rings is 1. The number of ether oxygens (including phenoxy) is 1. The minimum atomic E-state index is -0.537. The number of rotatable bonds is 5. The zero-order valence-electron chi connectivity index (χ0n) is 18.2. The van der Waals surface area contributed by atoms with Gasteiger partial charge in [-0.3, -0.25) is 4.79 Å². The highest BCUT2D eigenvalue weighted by atomic mass is 32.1. The fourth-order valence-corrected chi connectivity index (χ4v) is 4.40. The highest BCUT2D eigenvalue weighted by molar-refractivity contribution is 7.12. The minimum Gasteiger partial charge on any atom is -0.444 e. The van der Waals surface area contributed by atoms with Crippen molar-refractivity contribution in [3.8, 4) is 5.69 Å². The summed E-state index contributed by atoms with van der Waals surface area (Å²) in [7, 11) is 0. The number of carbonyl (C=O) groups excluding carboxylic acids is 2. The lowest BCUT2D eigenvalue weighted by Crippen LogP contribution is -2.48. The molecule has 0 bridgehead atoms. The summed E-state index contributed by atoms with van der Waals surface area (Å²) in [5, 5.41) is 13.1. The van der Waals surface area contributed by atoms with Crippen LogP contribution in [0.25, 0.3) is 5.69 Å². The van der Waals surface area contributed by atoms with Crippen molar-refractivity contribution in [2.24, 2.45) is 5.92 Å². The number of amides is 2. The lowest BCUT2D eigenvalue weighted by atomic mass is 9.96. The molecule has 164 valence electrons. The Balaban J connectivity index is 1.68. The van der Waals surface area contributed by atoms with Gasteiger partial charge in [0, 0.05) is 25.7 Å². The van der Waals surface area contributed by atoms with Gasteiger partial charge in [-0.1, -0.05) is 0 Å². The van der Waals surface area contributed by atoms with Crippen LogP contribution in [0.15, 0.2) is 17.8 Å². The van der Waals surface area contributed by atoms with Crippen molar-refractivity contribution in [3.63, 3.8) is 0 Å². The van der Waals surface area contributed by atoms with Gasteiger partial charge >= 0.3 is 6.09 Å². The third kappa shape index (κ3) is 5.35. The van der Waals surface area contributed by atoms with Gasteiger partial charge in [0.25, 0.3) is 5.91 Å². The van der Waals surface area contributed by atoms with Crippen LogP contribution in [0.4, 0.5) is 4.79 Å².